The van der Waals surface area contributed by atoms with Gasteiger partial charge < -0.3 is 9.64 Å². The van der Waals surface area contributed by atoms with E-state index >= 15 is 0 Å². The molecule has 2 heterocycles. The minimum absolute atomic E-state index is 0.150. The first-order chi connectivity index (χ1) is 14.7. The molecule has 0 aliphatic carbocycles. The van der Waals surface area contributed by atoms with Gasteiger partial charge in [0.2, 0.25) is 0 Å². The van der Waals surface area contributed by atoms with Crippen LogP contribution in [0, 0.1) is 5.92 Å². The summed E-state index contributed by atoms with van der Waals surface area (Å²) in [6, 6.07) is 19.3. The largest absolute Gasteiger partial charge is 0.466 e. The van der Waals surface area contributed by atoms with E-state index in [1.54, 1.807) is 16.5 Å². The number of likely N-dealkylation sites (tertiary alicyclic amines) is 1. The SMILES string of the molecule is CCOC(=O)C1CCN(C(=O)c2nnn(-c3ccccc3)c2-c2ccccc2)CC1. The zero-order valence-corrected chi connectivity index (χ0v) is 16.9. The first-order valence-electron chi connectivity index (χ1n) is 10.2. The molecular weight excluding hydrogens is 380 g/mol. The van der Waals surface area contributed by atoms with E-state index in [-0.39, 0.29) is 17.8 Å². The van der Waals surface area contributed by atoms with E-state index in [2.05, 4.69) is 10.3 Å². The van der Waals surface area contributed by atoms with Crippen LogP contribution in [-0.4, -0.2) is 51.5 Å². The smallest absolute Gasteiger partial charge is 0.309 e. The van der Waals surface area contributed by atoms with Crippen molar-refractivity contribution in [2.75, 3.05) is 19.7 Å². The molecule has 1 aliphatic rings. The number of carbonyl (C=O) groups is 2. The van der Waals surface area contributed by atoms with Crippen LogP contribution < -0.4 is 0 Å². The van der Waals surface area contributed by atoms with Crippen LogP contribution in [0.5, 0.6) is 0 Å². The number of aromatic nitrogens is 3. The van der Waals surface area contributed by atoms with Gasteiger partial charge in [-0.25, -0.2) is 4.68 Å². The van der Waals surface area contributed by atoms with Gasteiger partial charge in [-0.3, -0.25) is 9.59 Å². The van der Waals surface area contributed by atoms with E-state index in [1.807, 2.05) is 60.7 Å². The Labute approximate surface area is 175 Å². The monoisotopic (exact) mass is 404 g/mol. The van der Waals surface area contributed by atoms with Crippen molar-refractivity contribution >= 4 is 11.9 Å². The van der Waals surface area contributed by atoms with Gasteiger partial charge in [-0.15, -0.1) is 5.10 Å². The molecule has 1 amide bonds. The second-order valence-corrected chi connectivity index (χ2v) is 7.22. The highest BCUT2D eigenvalue weighted by molar-refractivity contribution is 5.98. The summed E-state index contributed by atoms with van der Waals surface area (Å²) in [5.41, 5.74) is 2.69. The molecule has 7 heteroatoms. The number of nitrogens with zero attached hydrogens (tertiary/aromatic N) is 4. The highest BCUT2D eigenvalue weighted by Gasteiger charge is 2.32. The van der Waals surface area contributed by atoms with Crippen molar-refractivity contribution in [3.8, 4) is 16.9 Å². The lowest BCUT2D eigenvalue weighted by Crippen LogP contribution is -2.41. The molecule has 0 N–H and O–H groups in total. The van der Waals surface area contributed by atoms with Gasteiger partial charge in [0.05, 0.1) is 18.2 Å². The van der Waals surface area contributed by atoms with Gasteiger partial charge in [0.15, 0.2) is 5.69 Å². The number of benzene rings is 2. The van der Waals surface area contributed by atoms with Crippen molar-refractivity contribution in [2.45, 2.75) is 19.8 Å². The van der Waals surface area contributed by atoms with E-state index in [1.165, 1.54) is 0 Å². The quantitative estimate of drug-likeness (QED) is 0.610. The molecule has 0 spiro atoms. The Hall–Kier alpha value is -3.48. The maximum atomic E-state index is 13.3. The Balaban J connectivity index is 1.62. The van der Waals surface area contributed by atoms with Gasteiger partial charge in [0.1, 0.15) is 5.69 Å². The van der Waals surface area contributed by atoms with Crippen LogP contribution in [0.15, 0.2) is 60.7 Å². The number of hydrogen-bond acceptors (Lipinski definition) is 5. The molecule has 7 nitrogen and oxygen atoms in total. The van der Waals surface area contributed by atoms with Crippen molar-refractivity contribution in [1.82, 2.24) is 19.9 Å². The molecule has 1 aliphatic heterocycles. The average Bonchev–Trinajstić information content (AvgIpc) is 3.25. The summed E-state index contributed by atoms with van der Waals surface area (Å²) in [6.07, 6.45) is 1.19. The first-order valence-corrected chi connectivity index (χ1v) is 10.2. The number of esters is 1. The van der Waals surface area contributed by atoms with Gasteiger partial charge in [-0.1, -0.05) is 53.7 Å². The lowest BCUT2D eigenvalue weighted by atomic mass is 9.96. The molecular formula is C23H24N4O3. The third kappa shape index (κ3) is 3.96. The van der Waals surface area contributed by atoms with Gasteiger partial charge in [0, 0.05) is 18.7 Å². The van der Waals surface area contributed by atoms with E-state index in [9.17, 15) is 9.59 Å². The summed E-state index contributed by atoms with van der Waals surface area (Å²) in [6.45, 7) is 3.17. The zero-order valence-electron chi connectivity index (χ0n) is 16.9. The number of hydrogen-bond donors (Lipinski definition) is 0. The predicted molar refractivity (Wildman–Crippen MR) is 112 cm³/mol. The number of amides is 1. The molecule has 0 atom stereocenters. The lowest BCUT2D eigenvalue weighted by Gasteiger charge is -2.30. The van der Waals surface area contributed by atoms with Gasteiger partial charge in [-0.2, -0.15) is 0 Å². The van der Waals surface area contributed by atoms with Gasteiger partial charge in [-0.05, 0) is 31.9 Å². The molecule has 4 rings (SSSR count). The fraction of sp³-hybridized carbons (Fsp3) is 0.304. The molecule has 30 heavy (non-hydrogen) atoms. The molecule has 1 saturated heterocycles. The van der Waals surface area contributed by atoms with Crippen LogP contribution in [0.2, 0.25) is 0 Å². The van der Waals surface area contributed by atoms with Crippen LogP contribution >= 0.6 is 0 Å². The molecule has 0 unspecified atom stereocenters. The summed E-state index contributed by atoms with van der Waals surface area (Å²) in [5, 5.41) is 8.55. The molecule has 0 bridgehead atoms. The minimum atomic E-state index is -0.176. The average molecular weight is 404 g/mol. The topological polar surface area (TPSA) is 77.3 Å². The van der Waals surface area contributed by atoms with Crippen LogP contribution in [0.3, 0.4) is 0 Å². The van der Waals surface area contributed by atoms with Crippen molar-refractivity contribution in [1.29, 1.82) is 0 Å². The Bertz CT molecular complexity index is 1010. The second kappa shape index (κ2) is 8.90. The number of ether oxygens (including phenoxy) is 1. The standard InChI is InChI=1S/C23H24N4O3/c1-2-30-23(29)18-13-15-26(16-14-18)22(28)20-21(17-9-5-3-6-10-17)27(25-24-20)19-11-7-4-8-12-19/h3-12,18H,2,13-16H2,1H3. The van der Waals surface area contributed by atoms with Crippen LogP contribution in [-0.2, 0) is 9.53 Å². The maximum Gasteiger partial charge on any atom is 0.309 e. The van der Waals surface area contributed by atoms with Gasteiger partial charge in [0.25, 0.3) is 5.91 Å². The van der Waals surface area contributed by atoms with Crippen molar-refractivity contribution < 1.29 is 14.3 Å². The summed E-state index contributed by atoms with van der Waals surface area (Å²) in [7, 11) is 0. The zero-order chi connectivity index (χ0) is 20.9. The van der Waals surface area contributed by atoms with Crippen LogP contribution in [0.4, 0.5) is 0 Å². The first kappa shape index (κ1) is 19.8. The molecule has 3 aromatic rings. The van der Waals surface area contributed by atoms with E-state index in [0.29, 0.717) is 43.9 Å². The summed E-state index contributed by atoms with van der Waals surface area (Å²) in [4.78, 5) is 27.1. The Morgan fingerprint density at radius 3 is 2.27 bits per heavy atom. The van der Waals surface area contributed by atoms with Gasteiger partial charge >= 0.3 is 5.97 Å². The highest BCUT2D eigenvalue weighted by atomic mass is 16.5. The molecule has 154 valence electrons. The van der Waals surface area contributed by atoms with Crippen molar-refractivity contribution in [3.05, 3.63) is 66.4 Å². The van der Waals surface area contributed by atoms with Crippen LogP contribution in [0.1, 0.15) is 30.3 Å². The fourth-order valence-corrected chi connectivity index (χ4v) is 3.76. The number of piperidine rings is 1. The normalized spacial score (nSPS) is 14.5. The highest BCUT2D eigenvalue weighted by Crippen LogP contribution is 2.27. The Kier molecular flexibility index (Phi) is 5.88. The second-order valence-electron chi connectivity index (χ2n) is 7.22. The lowest BCUT2D eigenvalue weighted by molar-refractivity contribution is -0.149. The summed E-state index contributed by atoms with van der Waals surface area (Å²) < 4.78 is 6.83. The Morgan fingerprint density at radius 2 is 1.63 bits per heavy atom. The predicted octanol–water partition coefficient (Wildman–Crippen LogP) is 3.35. The van der Waals surface area contributed by atoms with E-state index in [4.69, 9.17) is 4.74 Å². The van der Waals surface area contributed by atoms with E-state index < -0.39 is 0 Å². The summed E-state index contributed by atoms with van der Waals surface area (Å²) >= 11 is 0. The van der Waals surface area contributed by atoms with Crippen molar-refractivity contribution in [2.24, 2.45) is 5.92 Å². The third-order valence-electron chi connectivity index (χ3n) is 5.32. The molecule has 1 fully saturated rings. The molecule has 2 aromatic carbocycles. The van der Waals surface area contributed by atoms with Crippen molar-refractivity contribution in [3.63, 3.8) is 0 Å². The third-order valence-corrected chi connectivity index (χ3v) is 5.32. The summed E-state index contributed by atoms with van der Waals surface area (Å²) in [5.74, 6) is -0.495. The number of para-hydroxylation sites is 1. The number of rotatable bonds is 5. The maximum absolute atomic E-state index is 13.3. The fourth-order valence-electron chi connectivity index (χ4n) is 3.76. The molecule has 1 aromatic heterocycles. The minimum Gasteiger partial charge on any atom is -0.466 e. The molecule has 0 radical (unpaired) electrons. The Morgan fingerprint density at radius 1 is 1.00 bits per heavy atom. The van der Waals surface area contributed by atoms with Crippen LogP contribution in [0.25, 0.3) is 16.9 Å². The molecule has 0 saturated carbocycles. The number of carbonyl (C=O) groups excluding carboxylic acids is 2. The van der Waals surface area contributed by atoms with E-state index in [0.717, 1.165) is 11.3 Å².